The van der Waals surface area contributed by atoms with Gasteiger partial charge in [-0.2, -0.15) is 0 Å². The number of allylic oxidation sites excluding steroid dienone is 1. The van der Waals surface area contributed by atoms with Crippen molar-refractivity contribution < 1.29 is 9.72 Å². The van der Waals surface area contributed by atoms with Gasteiger partial charge in [0.15, 0.2) is 0 Å². The van der Waals surface area contributed by atoms with Crippen LogP contribution in [-0.2, 0) is 4.79 Å². The van der Waals surface area contributed by atoms with Gasteiger partial charge in [0.1, 0.15) is 11.9 Å². The molecule has 0 fully saturated rings. The second-order valence-corrected chi connectivity index (χ2v) is 5.63. The van der Waals surface area contributed by atoms with Crippen molar-refractivity contribution in [3.8, 4) is 0 Å². The number of non-ortho nitro benzene ring substituents is 1. The molecule has 0 aromatic heterocycles. The highest BCUT2D eigenvalue weighted by Gasteiger charge is 2.29. The van der Waals surface area contributed by atoms with Crippen molar-refractivity contribution in [1.82, 2.24) is 5.32 Å². The van der Waals surface area contributed by atoms with Crippen LogP contribution in [0.4, 0.5) is 5.69 Å². The van der Waals surface area contributed by atoms with Crippen molar-refractivity contribution in [3.63, 3.8) is 0 Å². The summed E-state index contributed by atoms with van der Waals surface area (Å²) in [4.78, 5) is 27.1. The van der Waals surface area contributed by atoms with Crippen LogP contribution in [0.1, 0.15) is 24.1 Å². The number of carbonyl (C=O) groups is 1. The standard InChI is InChI=1S/C18H16N4O3/c1-11-15(17(19)23)16(13-8-5-9-14(10-13)22(24)25)21-18(20-11)12-6-3-2-4-7-12/h2-10,16H,1H3,(H2,19,23)(H,20,21). The van der Waals surface area contributed by atoms with Crippen molar-refractivity contribution in [3.05, 3.63) is 87.1 Å². The number of aliphatic imine (C=N–C) groups is 1. The molecular formula is C18H16N4O3. The van der Waals surface area contributed by atoms with E-state index in [2.05, 4.69) is 10.3 Å². The Morgan fingerprint density at radius 2 is 1.92 bits per heavy atom. The van der Waals surface area contributed by atoms with E-state index in [-0.39, 0.29) is 5.69 Å². The molecule has 1 aliphatic heterocycles. The minimum Gasteiger partial charge on any atom is -0.366 e. The van der Waals surface area contributed by atoms with Gasteiger partial charge in [-0.25, -0.2) is 0 Å². The van der Waals surface area contributed by atoms with Gasteiger partial charge in [0.25, 0.3) is 5.69 Å². The number of hydrogen-bond acceptors (Lipinski definition) is 5. The number of nitro benzene ring substituents is 1. The number of amides is 1. The van der Waals surface area contributed by atoms with Crippen molar-refractivity contribution in [1.29, 1.82) is 0 Å². The third-order valence-corrected chi connectivity index (χ3v) is 3.95. The van der Waals surface area contributed by atoms with Gasteiger partial charge in [0.05, 0.1) is 10.5 Å². The predicted octanol–water partition coefficient (Wildman–Crippen LogP) is 2.45. The normalized spacial score (nSPS) is 16.8. The SMILES string of the molecule is CC1=C(C(N)=O)C(c2cccc([N+](=O)[O-])c2)N=C(c2ccccc2)N1. The molecule has 0 saturated carbocycles. The number of benzene rings is 2. The highest BCUT2D eigenvalue weighted by atomic mass is 16.6. The van der Waals surface area contributed by atoms with Crippen LogP contribution in [0, 0.1) is 10.1 Å². The van der Waals surface area contributed by atoms with Gasteiger partial charge in [-0.1, -0.05) is 42.5 Å². The van der Waals surface area contributed by atoms with E-state index in [1.54, 1.807) is 19.1 Å². The number of nitrogens with zero attached hydrogens (tertiary/aromatic N) is 2. The first kappa shape index (κ1) is 16.4. The summed E-state index contributed by atoms with van der Waals surface area (Å²) in [6.45, 7) is 1.74. The Balaban J connectivity index is 2.12. The first-order valence-corrected chi connectivity index (χ1v) is 7.62. The summed E-state index contributed by atoms with van der Waals surface area (Å²) < 4.78 is 0. The maximum atomic E-state index is 11.9. The number of primary amides is 1. The smallest absolute Gasteiger partial charge is 0.269 e. The molecule has 1 heterocycles. The molecule has 2 aromatic carbocycles. The summed E-state index contributed by atoms with van der Waals surface area (Å²) in [5, 5.41) is 14.2. The fourth-order valence-corrected chi connectivity index (χ4v) is 2.79. The van der Waals surface area contributed by atoms with E-state index in [0.29, 0.717) is 22.7 Å². The molecule has 0 spiro atoms. The van der Waals surface area contributed by atoms with Crippen LogP contribution in [0.5, 0.6) is 0 Å². The van der Waals surface area contributed by atoms with E-state index in [1.807, 2.05) is 30.3 Å². The molecule has 0 bridgehead atoms. The average molecular weight is 336 g/mol. The summed E-state index contributed by atoms with van der Waals surface area (Å²) in [5.74, 6) is -0.0306. The Morgan fingerprint density at radius 3 is 2.56 bits per heavy atom. The molecule has 126 valence electrons. The topological polar surface area (TPSA) is 111 Å². The number of nitrogens with two attached hydrogens (primary N) is 1. The first-order valence-electron chi connectivity index (χ1n) is 7.62. The lowest BCUT2D eigenvalue weighted by atomic mass is 9.94. The van der Waals surface area contributed by atoms with Crippen LogP contribution < -0.4 is 11.1 Å². The fraction of sp³-hybridized carbons (Fsp3) is 0.111. The van der Waals surface area contributed by atoms with Gasteiger partial charge < -0.3 is 11.1 Å². The lowest BCUT2D eigenvalue weighted by Gasteiger charge is -2.25. The maximum absolute atomic E-state index is 11.9. The molecule has 7 nitrogen and oxygen atoms in total. The van der Waals surface area contributed by atoms with Crippen LogP contribution in [0.25, 0.3) is 0 Å². The first-order chi connectivity index (χ1) is 12.0. The van der Waals surface area contributed by atoms with Gasteiger partial charge in [-0.15, -0.1) is 0 Å². The largest absolute Gasteiger partial charge is 0.366 e. The van der Waals surface area contributed by atoms with E-state index in [9.17, 15) is 14.9 Å². The highest BCUT2D eigenvalue weighted by molar-refractivity contribution is 6.04. The minimum atomic E-state index is -0.700. The number of amidine groups is 1. The Labute approximate surface area is 144 Å². The molecule has 1 atom stereocenters. The lowest BCUT2D eigenvalue weighted by Crippen LogP contribution is -2.34. The number of nitrogens with one attached hydrogen (secondary N) is 1. The number of nitro groups is 1. The molecule has 0 aliphatic carbocycles. The van der Waals surface area contributed by atoms with Gasteiger partial charge in [0.2, 0.25) is 5.91 Å². The molecule has 1 unspecified atom stereocenters. The zero-order chi connectivity index (χ0) is 18.0. The second kappa shape index (κ2) is 6.56. The van der Waals surface area contributed by atoms with Crippen LogP contribution in [0.2, 0.25) is 0 Å². The number of hydrogen-bond donors (Lipinski definition) is 2. The van der Waals surface area contributed by atoms with Gasteiger partial charge >= 0.3 is 0 Å². The van der Waals surface area contributed by atoms with Crippen LogP contribution in [0.15, 0.2) is 70.9 Å². The molecule has 1 amide bonds. The summed E-state index contributed by atoms with van der Waals surface area (Å²) in [5.41, 5.74) is 7.73. The zero-order valence-corrected chi connectivity index (χ0v) is 13.5. The van der Waals surface area contributed by atoms with Crippen molar-refractivity contribution in [2.45, 2.75) is 13.0 Å². The van der Waals surface area contributed by atoms with Gasteiger partial charge in [-0.3, -0.25) is 19.9 Å². The highest BCUT2D eigenvalue weighted by Crippen LogP contribution is 2.32. The van der Waals surface area contributed by atoms with Crippen LogP contribution in [0.3, 0.4) is 0 Å². The molecule has 25 heavy (non-hydrogen) atoms. The molecule has 3 N–H and O–H groups in total. The Bertz CT molecular complexity index is 904. The monoisotopic (exact) mass is 336 g/mol. The van der Waals surface area contributed by atoms with Crippen molar-refractivity contribution >= 4 is 17.4 Å². The molecule has 3 rings (SSSR count). The number of carbonyl (C=O) groups excluding carboxylic acids is 1. The van der Waals surface area contributed by atoms with Crippen LogP contribution in [-0.4, -0.2) is 16.7 Å². The molecule has 7 heteroatoms. The van der Waals surface area contributed by atoms with Gasteiger partial charge in [0, 0.05) is 23.4 Å². The molecular weight excluding hydrogens is 320 g/mol. The average Bonchev–Trinajstić information content (AvgIpc) is 2.61. The van der Waals surface area contributed by atoms with E-state index >= 15 is 0 Å². The van der Waals surface area contributed by atoms with Crippen LogP contribution >= 0.6 is 0 Å². The van der Waals surface area contributed by atoms with E-state index < -0.39 is 16.9 Å². The van der Waals surface area contributed by atoms with E-state index in [4.69, 9.17) is 5.73 Å². The Morgan fingerprint density at radius 1 is 1.20 bits per heavy atom. The molecule has 0 saturated heterocycles. The molecule has 2 aromatic rings. The quantitative estimate of drug-likeness (QED) is 0.660. The third-order valence-electron chi connectivity index (χ3n) is 3.95. The zero-order valence-electron chi connectivity index (χ0n) is 13.5. The summed E-state index contributed by atoms with van der Waals surface area (Å²) in [7, 11) is 0. The third kappa shape index (κ3) is 3.25. The predicted molar refractivity (Wildman–Crippen MR) is 93.8 cm³/mol. The molecule has 0 radical (unpaired) electrons. The summed E-state index contributed by atoms with van der Waals surface area (Å²) >= 11 is 0. The number of rotatable bonds is 4. The minimum absolute atomic E-state index is 0.0611. The lowest BCUT2D eigenvalue weighted by molar-refractivity contribution is -0.384. The van der Waals surface area contributed by atoms with E-state index in [1.165, 1.54) is 12.1 Å². The fourth-order valence-electron chi connectivity index (χ4n) is 2.79. The summed E-state index contributed by atoms with van der Waals surface area (Å²) in [6, 6.07) is 14.8. The van der Waals surface area contributed by atoms with Crippen molar-refractivity contribution in [2.24, 2.45) is 10.7 Å². The molecule has 1 aliphatic rings. The summed E-state index contributed by atoms with van der Waals surface area (Å²) in [6.07, 6.45) is 0. The van der Waals surface area contributed by atoms with Gasteiger partial charge in [-0.05, 0) is 12.5 Å². The Kier molecular flexibility index (Phi) is 4.30. The Hall–Kier alpha value is -3.48. The van der Waals surface area contributed by atoms with Crippen molar-refractivity contribution in [2.75, 3.05) is 0 Å². The van der Waals surface area contributed by atoms with E-state index in [0.717, 1.165) is 5.56 Å². The maximum Gasteiger partial charge on any atom is 0.269 e. The second-order valence-electron chi connectivity index (χ2n) is 5.63.